The molecule has 0 unspecified atom stereocenters. The summed E-state index contributed by atoms with van der Waals surface area (Å²) >= 11 is 0. The highest BCUT2D eigenvalue weighted by atomic mass is 16.6. The predicted molar refractivity (Wildman–Crippen MR) is 100 cm³/mol. The van der Waals surface area contributed by atoms with E-state index in [-0.39, 0.29) is 29.1 Å². The average Bonchev–Trinajstić information content (AvgIpc) is 2.90. The number of Topliss-reactive ketones (excluding diaryl/α,β-unsaturated/α-hetero) is 1. The normalized spacial score (nSPS) is 17.8. The zero-order valence-electron chi connectivity index (χ0n) is 14.9. The summed E-state index contributed by atoms with van der Waals surface area (Å²) in [6.07, 6.45) is 4.74. The summed E-state index contributed by atoms with van der Waals surface area (Å²) < 4.78 is 4.92. The Balaban J connectivity index is 1.98. The molecule has 2 aromatic carbocycles. The highest BCUT2D eigenvalue weighted by Gasteiger charge is 2.50. The molecular formula is C20H16N2O6. The SMILES string of the molecule is C#CCN1C(=O)[C@](O)(CC(=O)c2ccc(OC)c([N+](=O)[O-])c2)c2ccccc21. The number of benzene rings is 2. The lowest BCUT2D eigenvalue weighted by atomic mass is 9.88. The minimum atomic E-state index is -2.10. The molecule has 0 bridgehead atoms. The van der Waals surface area contributed by atoms with Crippen LogP contribution < -0.4 is 9.64 Å². The number of methoxy groups -OCH3 is 1. The molecule has 1 amide bonds. The molecule has 1 aliphatic heterocycles. The number of hydrogen-bond acceptors (Lipinski definition) is 6. The molecule has 8 nitrogen and oxygen atoms in total. The van der Waals surface area contributed by atoms with Crippen molar-refractivity contribution in [3.8, 4) is 18.1 Å². The van der Waals surface area contributed by atoms with Crippen molar-refractivity contribution in [2.45, 2.75) is 12.0 Å². The van der Waals surface area contributed by atoms with E-state index in [1.54, 1.807) is 24.3 Å². The highest BCUT2D eigenvalue weighted by Crippen LogP contribution is 2.42. The molecule has 0 spiro atoms. The van der Waals surface area contributed by atoms with Crippen LogP contribution in [0, 0.1) is 22.5 Å². The van der Waals surface area contributed by atoms with Gasteiger partial charge in [-0.15, -0.1) is 6.42 Å². The van der Waals surface area contributed by atoms with Crippen LogP contribution in [-0.4, -0.2) is 35.4 Å². The number of terminal acetylenes is 1. The summed E-state index contributed by atoms with van der Waals surface area (Å²) in [6.45, 7) is -0.0552. The lowest BCUT2D eigenvalue weighted by molar-refractivity contribution is -0.385. The number of carbonyl (C=O) groups excluding carboxylic acids is 2. The molecule has 0 aliphatic carbocycles. The predicted octanol–water partition coefficient (Wildman–Crippen LogP) is 2.04. The number of para-hydroxylation sites is 1. The van der Waals surface area contributed by atoms with Crippen molar-refractivity contribution in [1.29, 1.82) is 0 Å². The van der Waals surface area contributed by atoms with Gasteiger partial charge in [-0.25, -0.2) is 0 Å². The van der Waals surface area contributed by atoms with Gasteiger partial charge in [0.2, 0.25) is 0 Å². The number of carbonyl (C=O) groups is 2. The van der Waals surface area contributed by atoms with E-state index in [4.69, 9.17) is 11.2 Å². The van der Waals surface area contributed by atoms with Crippen LogP contribution in [0.25, 0.3) is 0 Å². The zero-order chi connectivity index (χ0) is 20.5. The molecule has 1 heterocycles. The minimum absolute atomic E-state index is 0.00254. The zero-order valence-corrected chi connectivity index (χ0v) is 14.9. The summed E-state index contributed by atoms with van der Waals surface area (Å²) in [5.41, 5.74) is -1.79. The van der Waals surface area contributed by atoms with Gasteiger partial charge in [0.25, 0.3) is 5.91 Å². The molecule has 0 radical (unpaired) electrons. The van der Waals surface area contributed by atoms with Gasteiger partial charge in [-0.2, -0.15) is 0 Å². The van der Waals surface area contributed by atoms with E-state index in [9.17, 15) is 24.8 Å². The minimum Gasteiger partial charge on any atom is -0.490 e. The Morgan fingerprint density at radius 3 is 2.71 bits per heavy atom. The van der Waals surface area contributed by atoms with Crippen molar-refractivity contribution < 1.29 is 24.4 Å². The number of nitro benzene ring substituents is 1. The fourth-order valence-corrected chi connectivity index (χ4v) is 3.27. The largest absolute Gasteiger partial charge is 0.490 e. The van der Waals surface area contributed by atoms with Gasteiger partial charge in [0.15, 0.2) is 17.1 Å². The highest BCUT2D eigenvalue weighted by molar-refractivity contribution is 6.11. The van der Waals surface area contributed by atoms with Gasteiger partial charge in [-0.1, -0.05) is 24.1 Å². The first-order chi connectivity index (χ1) is 13.3. The van der Waals surface area contributed by atoms with Crippen LogP contribution in [0.1, 0.15) is 22.3 Å². The number of amides is 1. The summed E-state index contributed by atoms with van der Waals surface area (Å²) in [5.74, 6) is 1.03. The fourth-order valence-electron chi connectivity index (χ4n) is 3.27. The third-order valence-corrected chi connectivity index (χ3v) is 4.60. The van der Waals surface area contributed by atoms with Crippen LogP contribution in [0.4, 0.5) is 11.4 Å². The molecule has 0 aromatic heterocycles. The van der Waals surface area contributed by atoms with Gasteiger partial charge in [-0.3, -0.25) is 24.6 Å². The van der Waals surface area contributed by atoms with Crippen LogP contribution >= 0.6 is 0 Å². The lowest BCUT2D eigenvalue weighted by Gasteiger charge is -2.21. The monoisotopic (exact) mass is 380 g/mol. The first kappa shape index (κ1) is 19.1. The van der Waals surface area contributed by atoms with E-state index in [1.807, 2.05) is 0 Å². The summed E-state index contributed by atoms with van der Waals surface area (Å²) in [7, 11) is 1.28. The molecule has 0 saturated heterocycles. The van der Waals surface area contributed by atoms with Gasteiger partial charge in [0.1, 0.15) is 0 Å². The van der Waals surface area contributed by atoms with Crippen molar-refractivity contribution >= 4 is 23.1 Å². The van der Waals surface area contributed by atoms with Crippen molar-refractivity contribution in [2.24, 2.45) is 0 Å². The molecule has 8 heteroatoms. The second-order valence-electron chi connectivity index (χ2n) is 6.22. The Morgan fingerprint density at radius 1 is 1.36 bits per heavy atom. The quantitative estimate of drug-likeness (QED) is 0.355. The van der Waals surface area contributed by atoms with E-state index < -0.39 is 28.6 Å². The van der Waals surface area contributed by atoms with E-state index in [0.29, 0.717) is 5.69 Å². The van der Waals surface area contributed by atoms with Crippen LogP contribution in [0.5, 0.6) is 5.75 Å². The third kappa shape index (κ3) is 2.98. The number of hydrogen-bond donors (Lipinski definition) is 1. The standard InChI is InChI=1S/C20H16N2O6/c1-3-10-21-15-7-5-4-6-14(15)20(25,19(21)24)12-17(23)13-8-9-18(28-2)16(11-13)22(26)27/h1,4-9,11,25H,10,12H2,2H3/t20-/m0/s1. The van der Waals surface area contributed by atoms with Crippen LogP contribution in [0.3, 0.4) is 0 Å². The Kier molecular flexibility index (Phi) is 4.86. The summed E-state index contributed by atoms with van der Waals surface area (Å²) in [5, 5.41) is 22.3. The van der Waals surface area contributed by atoms with E-state index in [0.717, 1.165) is 6.07 Å². The Morgan fingerprint density at radius 2 is 2.07 bits per heavy atom. The molecule has 1 N–H and O–H groups in total. The van der Waals surface area contributed by atoms with Crippen LogP contribution in [0.15, 0.2) is 42.5 Å². The van der Waals surface area contributed by atoms with Gasteiger partial charge in [0, 0.05) is 17.2 Å². The number of ketones is 1. The molecule has 0 fully saturated rings. The van der Waals surface area contributed by atoms with Crippen molar-refractivity contribution in [1.82, 2.24) is 0 Å². The first-order valence-corrected chi connectivity index (χ1v) is 8.26. The first-order valence-electron chi connectivity index (χ1n) is 8.26. The fraction of sp³-hybridized carbons (Fsp3) is 0.200. The molecule has 2 aromatic rings. The molecule has 3 rings (SSSR count). The molecule has 0 saturated carbocycles. The van der Waals surface area contributed by atoms with Crippen molar-refractivity contribution in [3.05, 3.63) is 63.7 Å². The summed E-state index contributed by atoms with van der Waals surface area (Å²) in [4.78, 5) is 37.3. The van der Waals surface area contributed by atoms with E-state index >= 15 is 0 Å². The molecule has 28 heavy (non-hydrogen) atoms. The Bertz CT molecular complexity index is 1030. The van der Waals surface area contributed by atoms with Gasteiger partial charge < -0.3 is 9.84 Å². The molecule has 142 valence electrons. The average molecular weight is 380 g/mol. The number of rotatable bonds is 6. The maximum atomic E-state index is 12.8. The molecular weight excluding hydrogens is 364 g/mol. The number of anilines is 1. The number of nitrogens with zero attached hydrogens (tertiary/aromatic N) is 2. The van der Waals surface area contributed by atoms with Gasteiger partial charge in [-0.05, 0) is 18.2 Å². The van der Waals surface area contributed by atoms with Crippen LogP contribution in [0.2, 0.25) is 0 Å². The third-order valence-electron chi connectivity index (χ3n) is 4.60. The second kappa shape index (κ2) is 7.13. The maximum absolute atomic E-state index is 12.8. The lowest BCUT2D eigenvalue weighted by Crippen LogP contribution is -2.42. The number of nitro groups is 1. The van der Waals surface area contributed by atoms with E-state index in [2.05, 4.69) is 5.92 Å². The van der Waals surface area contributed by atoms with E-state index in [1.165, 1.54) is 24.1 Å². The van der Waals surface area contributed by atoms with Crippen molar-refractivity contribution in [3.63, 3.8) is 0 Å². The van der Waals surface area contributed by atoms with Gasteiger partial charge >= 0.3 is 5.69 Å². The van der Waals surface area contributed by atoms with Crippen LogP contribution in [-0.2, 0) is 10.4 Å². The number of fused-ring (bicyclic) bond motifs is 1. The van der Waals surface area contributed by atoms with Crippen molar-refractivity contribution in [2.75, 3.05) is 18.6 Å². The number of ether oxygens (including phenoxy) is 1. The topological polar surface area (TPSA) is 110 Å². The number of aliphatic hydroxyl groups is 1. The summed E-state index contributed by atoms with van der Waals surface area (Å²) in [6, 6.07) is 10.2. The smallest absolute Gasteiger partial charge is 0.311 e. The van der Waals surface area contributed by atoms with Gasteiger partial charge in [0.05, 0.1) is 30.7 Å². The molecule has 1 atom stereocenters. The Hall–Kier alpha value is -3.70. The Labute approximate surface area is 160 Å². The maximum Gasteiger partial charge on any atom is 0.311 e. The molecule has 1 aliphatic rings. The second-order valence-corrected chi connectivity index (χ2v) is 6.22.